The van der Waals surface area contributed by atoms with Crippen molar-refractivity contribution in [3.8, 4) is 0 Å². The molecule has 0 bridgehead atoms. The molecule has 1 aromatic rings. The van der Waals surface area contributed by atoms with E-state index in [0.29, 0.717) is 6.04 Å². The van der Waals surface area contributed by atoms with Crippen molar-refractivity contribution in [1.29, 1.82) is 0 Å². The van der Waals surface area contributed by atoms with Crippen LogP contribution in [0.3, 0.4) is 0 Å². The summed E-state index contributed by atoms with van der Waals surface area (Å²) < 4.78 is 14.8. The number of halogens is 1. The van der Waals surface area contributed by atoms with Gasteiger partial charge in [0.25, 0.3) is 0 Å². The average molecular weight is 385 g/mol. The van der Waals surface area contributed by atoms with Crippen molar-refractivity contribution < 1.29 is 9.18 Å². The van der Waals surface area contributed by atoms with Gasteiger partial charge in [0, 0.05) is 44.0 Å². The SMILES string of the molecule is C=O.CNC1CCN(S)CC1.CNC1CCN(c2ccc(F)cc2)CC1. The number of nitrogens with one attached hydrogen (secondary N) is 2. The van der Waals surface area contributed by atoms with E-state index in [-0.39, 0.29) is 5.82 Å². The Kier molecular flexibility index (Phi) is 11.5. The molecule has 0 amide bonds. The van der Waals surface area contributed by atoms with Gasteiger partial charge in [-0.15, -0.1) is 0 Å². The van der Waals surface area contributed by atoms with Crippen LogP contribution in [0.1, 0.15) is 25.7 Å². The van der Waals surface area contributed by atoms with Crippen LogP contribution in [-0.4, -0.2) is 63.5 Å². The summed E-state index contributed by atoms with van der Waals surface area (Å²) >= 11 is 4.25. The average Bonchev–Trinajstić information content (AvgIpc) is 2.71. The molecule has 5 nitrogen and oxygen atoms in total. The Labute approximate surface area is 162 Å². The van der Waals surface area contributed by atoms with Crippen LogP contribution in [-0.2, 0) is 4.79 Å². The minimum absolute atomic E-state index is 0.163. The highest BCUT2D eigenvalue weighted by Gasteiger charge is 2.17. The molecule has 2 saturated heterocycles. The van der Waals surface area contributed by atoms with Gasteiger partial charge in [-0.25, -0.2) is 4.39 Å². The van der Waals surface area contributed by atoms with Crippen molar-refractivity contribution in [2.75, 3.05) is 45.2 Å². The van der Waals surface area contributed by atoms with Crippen LogP contribution in [0, 0.1) is 5.82 Å². The predicted octanol–water partition coefficient (Wildman–Crippen LogP) is 2.34. The Morgan fingerprint density at radius 1 is 0.923 bits per heavy atom. The third-order valence-corrected chi connectivity index (χ3v) is 5.37. The van der Waals surface area contributed by atoms with Gasteiger partial charge in [-0.2, -0.15) is 0 Å². The molecule has 7 heteroatoms. The van der Waals surface area contributed by atoms with E-state index in [1.54, 1.807) is 0 Å². The highest BCUT2D eigenvalue weighted by atomic mass is 32.1. The van der Waals surface area contributed by atoms with Crippen molar-refractivity contribution in [1.82, 2.24) is 14.9 Å². The largest absolute Gasteiger partial charge is 0.371 e. The number of thiol groups is 1. The quantitative estimate of drug-likeness (QED) is 0.699. The first-order valence-corrected chi connectivity index (χ1v) is 9.60. The molecule has 1 aromatic carbocycles. The third-order valence-electron chi connectivity index (χ3n) is 4.97. The summed E-state index contributed by atoms with van der Waals surface area (Å²) in [5.74, 6) is -0.163. The maximum atomic E-state index is 12.7. The van der Waals surface area contributed by atoms with E-state index in [1.165, 1.54) is 25.0 Å². The fourth-order valence-corrected chi connectivity index (χ4v) is 3.46. The van der Waals surface area contributed by atoms with Crippen molar-refractivity contribution in [3.63, 3.8) is 0 Å². The van der Waals surface area contributed by atoms with Crippen LogP contribution in [0.4, 0.5) is 10.1 Å². The number of piperidine rings is 2. The molecule has 2 fully saturated rings. The lowest BCUT2D eigenvalue weighted by Crippen LogP contribution is -2.41. The van der Waals surface area contributed by atoms with E-state index in [2.05, 4.69) is 32.7 Å². The molecule has 0 aliphatic carbocycles. The van der Waals surface area contributed by atoms with Gasteiger partial charge in [-0.1, -0.05) is 12.8 Å². The Balaban J connectivity index is 0.000000263. The molecule has 2 N–H and O–H groups in total. The first-order valence-electron chi connectivity index (χ1n) is 9.20. The first kappa shape index (κ1) is 22.9. The number of carbonyl (C=O) groups excluding carboxylic acids is 1. The summed E-state index contributed by atoms with van der Waals surface area (Å²) in [5, 5.41) is 6.56. The van der Waals surface area contributed by atoms with Gasteiger partial charge in [0.05, 0.1) is 0 Å². The normalized spacial score (nSPS) is 19.2. The molecule has 2 heterocycles. The maximum Gasteiger partial charge on any atom is 0.123 e. The van der Waals surface area contributed by atoms with Crippen molar-refractivity contribution in [3.05, 3.63) is 30.1 Å². The Morgan fingerprint density at radius 2 is 1.35 bits per heavy atom. The third kappa shape index (κ3) is 8.03. The van der Waals surface area contributed by atoms with Gasteiger partial charge >= 0.3 is 0 Å². The Morgan fingerprint density at radius 3 is 1.77 bits per heavy atom. The second kappa shape index (κ2) is 13.1. The van der Waals surface area contributed by atoms with Crippen LogP contribution in [0.25, 0.3) is 0 Å². The fraction of sp³-hybridized carbons (Fsp3) is 0.632. The van der Waals surface area contributed by atoms with E-state index >= 15 is 0 Å². The Hall–Kier alpha value is -1.15. The lowest BCUT2D eigenvalue weighted by Gasteiger charge is -2.33. The lowest BCUT2D eigenvalue weighted by atomic mass is 10.0. The molecule has 0 atom stereocenters. The highest BCUT2D eigenvalue weighted by molar-refractivity contribution is 7.77. The van der Waals surface area contributed by atoms with Crippen LogP contribution in [0.2, 0.25) is 0 Å². The van der Waals surface area contributed by atoms with E-state index in [1.807, 2.05) is 33.0 Å². The van der Waals surface area contributed by atoms with Gasteiger partial charge in [0.1, 0.15) is 12.6 Å². The van der Waals surface area contributed by atoms with Crippen molar-refractivity contribution >= 4 is 25.3 Å². The molecule has 26 heavy (non-hydrogen) atoms. The number of anilines is 1. The number of hydrogen-bond acceptors (Lipinski definition) is 6. The minimum atomic E-state index is -0.163. The number of benzene rings is 1. The van der Waals surface area contributed by atoms with Crippen molar-refractivity contribution in [2.45, 2.75) is 37.8 Å². The number of nitrogens with zero attached hydrogens (tertiary/aromatic N) is 2. The van der Waals surface area contributed by atoms with Crippen LogP contribution >= 0.6 is 12.8 Å². The molecule has 0 saturated carbocycles. The van der Waals surface area contributed by atoms with Gasteiger partial charge in [0.2, 0.25) is 0 Å². The number of hydrogen-bond donors (Lipinski definition) is 3. The maximum absolute atomic E-state index is 12.7. The molecule has 2 aliphatic heterocycles. The molecule has 0 spiro atoms. The molecule has 0 radical (unpaired) electrons. The van der Waals surface area contributed by atoms with Gasteiger partial charge in [-0.05, 0) is 64.0 Å². The van der Waals surface area contributed by atoms with Crippen LogP contribution in [0.5, 0.6) is 0 Å². The lowest BCUT2D eigenvalue weighted by molar-refractivity contribution is -0.0979. The molecular weight excluding hydrogens is 351 g/mol. The first-order chi connectivity index (χ1) is 12.6. The molecule has 0 unspecified atom stereocenters. The zero-order valence-corrected chi connectivity index (χ0v) is 16.9. The standard InChI is InChI=1S/C12H17FN2.C6H14N2S.CH2O/c1-14-11-6-8-15(9-7-11)12-4-2-10(13)3-5-12;1-7-6-2-4-8(9)5-3-6;1-2/h2-5,11,14H,6-9H2,1H3;6-7,9H,2-5H2,1H3;1H2. The highest BCUT2D eigenvalue weighted by Crippen LogP contribution is 2.20. The van der Waals surface area contributed by atoms with Gasteiger partial charge in [-0.3, -0.25) is 4.31 Å². The molecule has 2 aliphatic rings. The fourth-order valence-electron chi connectivity index (χ4n) is 3.23. The minimum Gasteiger partial charge on any atom is -0.371 e. The molecular formula is C19H33FN4OS. The number of carbonyl (C=O) groups is 1. The summed E-state index contributed by atoms with van der Waals surface area (Å²) in [6, 6.07) is 8.14. The smallest absolute Gasteiger partial charge is 0.123 e. The topological polar surface area (TPSA) is 47.6 Å². The molecule has 148 valence electrons. The second-order valence-corrected chi connectivity index (χ2v) is 7.11. The van der Waals surface area contributed by atoms with E-state index in [0.717, 1.165) is 50.7 Å². The van der Waals surface area contributed by atoms with Gasteiger partial charge in [0.15, 0.2) is 0 Å². The zero-order chi connectivity index (χ0) is 19.4. The van der Waals surface area contributed by atoms with Crippen molar-refractivity contribution in [2.24, 2.45) is 0 Å². The van der Waals surface area contributed by atoms with Crippen LogP contribution < -0.4 is 15.5 Å². The molecule has 3 rings (SSSR count). The second-order valence-electron chi connectivity index (χ2n) is 6.54. The summed E-state index contributed by atoms with van der Waals surface area (Å²) in [7, 11) is 4.04. The van der Waals surface area contributed by atoms with Gasteiger partial charge < -0.3 is 20.3 Å². The summed E-state index contributed by atoms with van der Waals surface area (Å²) in [6.07, 6.45) is 4.79. The monoisotopic (exact) mass is 384 g/mol. The van der Waals surface area contributed by atoms with E-state index in [4.69, 9.17) is 4.79 Å². The zero-order valence-electron chi connectivity index (χ0n) is 16.0. The van der Waals surface area contributed by atoms with E-state index < -0.39 is 0 Å². The Bertz CT molecular complexity index is 475. The number of rotatable bonds is 3. The van der Waals surface area contributed by atoms with E-state index in [9.17, 15) is 4.39 Å². The summed E-state index contributed by atoms with van der Waals surface area (Å²) in [4.78, 5) is 10.3. The summed E-state index contributed by atoms with van der Waals surface area (Å²) in [6.45, 7) is 6.34. The molecule has 0 aromatic heterocycles. The summed E-state index contributed by atoms with van der Waals surface area (Å²) in [5.41, 5.74) is 1.13. The predicted molar refractivity (Wildman–Crippen MR) is 110 cm³/mol. The van der Waals surface area contributed by atoms with Crippen LogP contribution in [0.15, 0.2) is 24.3 Å².